The minimum atomic E-state index is -1.46. The first kappa shape index (κ1) is 23.4. The number of carboxylic acid groups (broad SMARTS) is 1. The Labute approximate surface area is 195 Å². The molecule has 0 saturated heterocycles. The molecule has 32 heavy (non-hydrogen) atoms. The fourth-order valence-corrected chi connectivity index (χ4v) is 4.48. The molecule has 0 amide bonds. The molecule has 0 aliphatic heterocycles. The molecular formula is C21H14Cl2N2O6S. The molecule has 0 unspecified atom stereocenters. The van der Waals surface area contributed by atoms with Gasteiger partial charge in [-0.15, -0.1) is 11.3 Å². The lowest BCUT2D eigenvalue weighted by molar-refractivity contribution is -0.385. The molecule has 0 radical (unpaired) electrons. The van der Waals surface area contributed by atoms with E-state index in [0.29, 0.717) is 31.8 Å². The maximum atomic E-state index is 12.5. The van der Waals surface area contributed by atoms with E-state index in [4.69, 9.17) is 28.3 Å². The summed E-state index contributed by atoms with van der Waals surface area (Å²) in [5, 5.41) is 33.3. The molecule has 164 valence electrons. The molecular weight excluding hydrogens is 479 g/mol. The first-order valence-corrected chi connectivity index (χ1v) is 10.6. The number of halogens is 2. The van der Waals surface area contributed by atoms with E-state index >= 15 is 0 Å². The molecule has 2 aromatic carbocycles. The van der Waals surface area contributed by atoms with Gasteiger partial charge < -0.3 is 10.2 Å². The fraction of sp³-hybridized carbons (Fsp3) is 0.0952. The smallest absolute Gasteiger partial charge is 0.342 e. The Balaban J connectivity index is 1.84. The number of carboxylic acids is 1. The van der Waals surface area contributed by atoms with Crippen LogP contribution in [0.3, 0.4) is 0 Å². The molecule has 2 N–H and O–H groups in total. The first-order chi connectivity index (χ1) is 15.1. The molecule has 1 heterocycles. The van der Waals surface area contributed by atoms with E-state index in [1.54, 1.807) is 30.5 Å². The number of rotatable bonds is 7. The summed E-state index contributed by atoms with van der Waals surface area (Å²) in [6.45, 7) is 1.26. The van der Waals surface area contributed by atoms with Crippen LogP contribution in [0.5, 0.6) is 5.75 Å². The summed E-state index contributed by atoms with van der Waals surface area (Å²) in [7, 11) is 0. The number of aromatic hydroxyl groups is 1. The van der Waals surface area contributed by atoms with Crippen molar-refractivity contribution in [3.8, 4) is 16.2 Å². The summed E-state index contributed by atoms with van der Waals surface area (Å²) in [6.07, 6.45) is 0. The molecule has 11 heteroatoms. The second-order valence-electron chi connectivity index (χ2n) is 6.57. The number of benzene rings is 2. The molecule has 3 rings (SSSR count). The Bertz CT molecular complexity index is 1290. The van der Waals surface area contributed by atoms with E-state index in [0.717, 1.165) is 12.1 Å². The second-order valence-corrected chi connectivity index (χ2v) is 8.29. The van der Waals surface area contributed by atoms with Crippen LogP contribution in [0.1, 0.15) is 33.2 Å². The summed E-state index contributed by atoms with van der Waals surface area (Å²) in [5.41, 5.74) is 0.156. The van der Waals surface area contributed by atoms with Gasteiger partial charge in [-0.25, -0.2) is 4.79 Å². The Kier molecular flexibility index (Phi) is 6.93. The van der Waals surface area contributed by atoms with E-state index in [1.165, 1.54) is 17.4 Å². The standard InChI is InChI=1S/C21H14Cl2N2O6S/c1-10(15-9-32-20(19(15)27)13-5-3-12(22)7-16(13)23)24-8-18(26)11-2-4-14(21(28)29)17(6-11)25(30)31/h2-7,9,27H,8H2,1H3,(H,28,29). The van der Waals surface area contributed by atoms with Crippen molar-refractivity contribution in [1.29, 1.82) is 0 Å². The van der Waals surface area contributed by atoms with Gasteiger partial charge >= 0.3 is 5.97 Å². The van der Waals surface area contributed by atoms with Crippen LogP contribution in [-0.2, 0) is 0 Å². The van der Waals surface area contributed by atoms with E-state index in [1.807, 2.05) is 0 Å². The highest BCUT2D eigenvalue weighted by molar-refractivity contribution is 7.14. The van der Waals surface area contributed by atoms with Gasteiger partial charge in [-0.1, -0.05) is 29.3 Å². The lowest BCUT2D eigenvalue weighted by Crippen LogP contribution is -2.09. The molecule has 0 bridgehead atoms. The quantitative estimate of drug-likeness (QED) is 0.187. The maximum absolute atomic E-state index is 12.5. The number of Topliss-reactive ketones (excluding diaryl/α,β-unsaturated/α-hetero) is 1. The number of hydrogen-bond acceptors (Lipinski definition) is 7. The lowest BCUT2D eigenvalue weighted by Gasteiger charge is -2.05. The molecule has 8 nitrogen and oxygen atoms in total. The van der Waals surface area contributed by atoms with E-state index < -0.39 is 27.9 Å². The van der Waals surface area contributed by atoms with Crippen LogP contribution < -0.4 is 0 Å². The normalized spacial score (nSPS) is 11.4. The molecule has 0 aliphatic rings. The number of aromatic carboxylic acids is 1. The van der Waals surface area contributed by atoms with Crippen LogP contribution >= 0.6 is 34.5 Å². The summed E-state index contributed by atoms with van der Waals surface area (Å²) in [6, 6.07) is 8.02. The van der Waals surface area contributed by atoms with Crippen LogP contribution in [0.4, 0.5) is 5.69 Å². The monoisotopic (exact) mass is 492 g/mol. The molecule has 3 aromatic rings. The van der Waals surface area contributed by atoms with E-state index in [9.17, 15) is 24.8 Å². The summed E-state index contributed by atoms with van der Waals surface area (Å²) in [4.78, 5) is 38.5. The van der Waals surface area contributed by atoms with Crippen molar-refractivity contribution < 1.29 is 24.7 Å². The minimum absolute atomic E-state index is 0.0403. The molecule has 1 aromatic heterocycles. The van der Waals surface area contributed by atoms with Gasteiger partial charge in [-0.3, -0.25) is 19.9 Å². The number of aliphatic imine (C=N–C) groups is 1. The SMILES string of the molecule is CC(=NCC(=O)c1ccc(C(=O)O)c([N+](=O)[O-])c1)c1csc(-c2ccc(Cl)cc2Cl)c1O. The number of carbonyl (C=O) groups is 2. The van der Waals surface area contributed by atoms with Crippen molar-refractivity contribution in [2.75, 3.05) is 6.54 Å². The highest BCUT2D eigenvalue weighted by Crippen LogP contribution is 2.42. The van der Waals surface area contributed by atoms with Crippen LogP contribution in [-0.4, -0.2) is 39.1 Å². The van der Waals surface area contributed by atoms with Crippen molar-refractivity contribution in [2.45, 2.75) is 6.92 Å². The average Bonchev–Trinajstić information content (AvgIpc) is 3.12. The number of ketones is 1. The van der Waals surface area contributed by atoms with Crippen molar-refractivity contribution in [3.63, 3.8) is 0 Å². The third kappa shape index (κ3) is 4.80. The van der Waals surface area contributed by atoms with Gasteiger partial charge in [0, 0.05) is 38.9 Å². The fourth-order valence-electron chi connectivity index (χ4n) is 2.88. The predicted molar refractivity (Wildman–Crippen MR) is 123 cm³/mol. The second kappa shape index (κ2) is 9.47. The third-order valence-electron chi connectivity index (χ3n) is 4.54. The average molecular weight is 493 g/mol. The number of thiophene rings is 1. The van der Waals surface area contributed by atoms with Crippen LogP contribution in [0.2, 0.25) is 10.0 Å². The number of hydrogen-bond donors (Lipinski definition) is 2. The molecule has 0 atom stereocenters. The van der Waals surface area contributed by atoms with E-state index in [-0.39, 0.29) is 17.9 Å². The van der Waals surface area contributed by atoms with Crippen molar-refractivity contribution in [2.24, 2.45) is 4.99 Å². The Morgan fingerprint density at radius 3 is 2.50 bits per heavy atom. The number of nitrogens with zero attached hydrogens (tertiary/aromatic N) is 2. The van der Waals surface area contributed by atoms with Crippen LogP contribution in [0.25, 0.3) is 10.4 Å². The van der Waals surface area contributed by atoms with Gasteiger partial charge in [0.15, 0.2) is 5.78 Å². The Morgan fingerprint density at radius 2 is 1.88 bits per heavy atom. The topological polar surface area (TPSA) is 130 Å². The van der Waals surface area contributed by atoms with Gasteiger partial charge in [0.2, 0.25) is 0 Å². The lowest BCUT2D eigenvalue weighted by atomic mass is 10.1. The first-order valence-electron chi connectivity index (χ1n) is 8.92. The van der Waals surface area contributed by atoms with Crippen LogP contribution in [0.15, 0.2) is 46.8 Å². The maximum Gasteiger partial charge on any atom is 0.342 e. The highest BCUT2D eigenvalue weighted by atomic mass is 35.5. The summed E-state index contributed by atoms with van der Waals surface area (Å²) < 4.78 is 0. The van der Waals surface area contributed by atoms with Crippen LogP contribution in [0, 0.1) is 10.1 Å². The zero-order valence-corrected chi connectivity index (χ0v) is 18.7. The van der Waals surface area contributed by atoms with Gasteiger partial charge in [0.1, 0.15) is 17.9 Å². The number of carbonyl (C=O) groups excluding carboxylic acids is 1. The third-order valence-corrected chi connectivity index (χ3v) is 6.09. The Morgan fingerprint density at radius 1 is 1.16 bits per heavy atom. The molecule has 0 saturated carbocycles. The van der Waals surface area contributed by atoms with Crippen molar-refractivity contribution in [3.05, 3.63) is 78.6 Å². The highest BCUT2D eigenvalue weighted by Gasteiger charge is 2.22. The van der Waals surface area contributed by atoms with Gasteiger partial charge in [-0.2, -0.15) is 0 Å². The Hall–Kier alpha value is -3.27. The molecule has 0 fully saturated rings. The number of nitro groups is 1. The zero-order chi connectivity index (χ0) is 23.6. The largest absolute Gasteiger partial charge is 0.506 e. The minimum Gasteiger partial charge on any atom is -0.506 e. The summed E-state index contributed by atoms with van der Waals surface area (Å²) in [5.74, 6) is -2.05. The number of nitro benzene ring substituents is 1. The zero-order valence-electron chi connectivity index (χ0n) is 16.3. The molecule has 0 spiro atoms. The van der Waals surface area contributed by atoms with Crippen molar-refractivity contribution >= 4 is 57.7 Å². The van der Waals surface area contributed by atoms with Gasteiger partial charge in [0.05, 0.1) is 14.8 Å². The molecule has 0 aliphatic carbocycles. The van der Waals surface area contributed by atoms with E-state index in [2.05, 4.69) is 4.99 Å². The predicted octanol–water partition coefficient (Wildman–Crippen LogP) is 5.73. The summed E-state index contributed by atoms with van der Waals surface area (Å²) >= 11 is 13.4. The van der Waals surface area contributed by atoms with Crippen molar-refractivity contribution in [1.82, 2.24) is 0 Å². The van der Waals surface area contributed by atoms with Gasteiger partial charge in [0.25, 0.3) is 5.69 Å². The van der Waals surface area contributed by atoms with Gasteiger partial charge in [-0.05, 0) is 31.2 Å².